The molecule has 0 aliphatic rings. The van der Waals surface area contributed by atoms with Gasteiger partial charge in [-0.3, -0.25) is 0 Å². The summed E-state index contributed by atoms with van der Waals surface area (Å²) in [5, 5.41) is 3.63. The lowest BCUT2D eigenvalue weighted by Crippen LogP contribution is -2.09. The summed E-state index contributed by atoms with van der Waals surface area (Å²) < 4.78 is 14.5. The molecule has 2 rings (SSSR count). The van der Waals surface area contributed by atoms with Gasteiger partial charge in [0, 0.05) is 17.1 Å². The Labute approximate surface area is 142 Å². The summed E-state index contributed by atoms with van der Waals surface area (Å²) in [6, 6.07) is 4.35. The molecular weight excluding hydrogens is 404 g/mol. The van der Waals surface area contributed by atoms with Crippen molar-refractivity contribution in [1.29, 1.82) is 0 Å². The maximum absolute atomic E-state index is 13.5. The van der Waals surface area contributed by atoms with Crippen LogP contribution >= 0.6 is 34.2 Å². The number of halogens is 3. The van der Waals surface area contributed by atoms with Crippen molar-refractivity contribution in [2.45, 2.75) is 26.7 Å². The number of rotatable bonds is 5. The summed E-state index contributed by atoms with van der Waals surface area (Å²) in [5.74, 6) is 0.896. The number of benzene rings is 1. The van der Waals surface area contributed by atoms with Gasteiger partial charge in [0.15, 0.2) is 5.82 Å². The second-order valence-electron chi connectivity index (χ2n) is 4.59. The normalized spacial score (nSPS) is 10.7. The molecule has 1 aromatic heterocycles. The van der Waals surface area contributed by atoms with E-state index in [-0.39, 0.29) is 5.82 Å². The molecule has 1 heterocycles. The van der Waals surface area contributed by atoms with Crippen LogP contribution in [0.15, 0.2) is 18.2 Å². The molecular formula is C15H16ClFIN3. The number of nitrogens with zero attached hydrogens (tertiary/aromatic N) is 2. The Kier molecular flexibility index (Phi) is 5.75. The van der Waals surface area contributed by atoms with Gasteiger partial charge in [-0.1, -0.05) is 25.4 Å². The average molecular weight is 420 g/mol. The number of hydrogen-bond donors (Lipinski definition) is 1. The van der Waals surface area contributed by atoms with Gasteiger partial charge in [0.1, 0.15) is 11.6 Å². The van der Waals surface area contributed by atoms with Crippen LogP contribution in [-0.2, 0) is 6.42 Å². The van der Waals surface area contributed by atoms with Crippen LogP contribution in [0.4, 0.5) is 10.2 Å². The van der Waals surface area contributed by atoms with Gasteiger partial charge >= 0.3 is 0 Å². The van der Waals surface area contributed by atoms with E-state index >= 15 is 0 Å². The lowest BCUT2D eigenvalue weighted by atomic mass is 10.2. The first-order valence-electron chi connectivity index (χ1n) is 6.81. The molecule has 112 valence electrons. The Balaban J connectivity index is 2.52. The standard InChI is InChI=1S/C15H16ClFIN3/c1-3-5-19-15-13(18)12(4-2)20-14(21-15)9-6-10(16)8-11(17)7-9/h6-8H,3-5H2,1-2H3,(H,19,20,21). The Morgan fingerprint density at radius 3 is 2.62 bits per heavy atom. The molecule has 21 heavy (non-hydrogen) atoms. The zero-order valence-electron chi connectivity index (χ0n) is 11.9. The fraction of sp³-hybridized carbons (Fsp3) is 0.333. The van der Waals surface area contributed by atoms with Crippen molar-refractivity contribution in [2.24, 2.45) is 0 Å². The van der Waals surface area contributed by atoms with Gasteiger partial charge < -0.3 is 5.32 Å². The summed E-state index contributed by atoms with van der Waals surface area (Å²) in [6.45, 7) is 4.96. The molecule has 6 heteroatoms. The highest BCUT2D eigenvalue weighted by Gasteiger charge is 2.13. The summed E-state index contributed by atoms with van der Waals surface area (Å²) in [5.41, 5.74) is 1.53. The number of anilines is 1. The van der Waals surface area contributed by atoms with Gasteiger partial charge in [-0.05, 0) is 53.6 Å². The highest BCUT2D eigenvalue weighted by atomic mass is 127. The fourth-order valence-corrected chi connectivity index (χ4v) is 2.94. The number of hydrogen-bond acceptors (Lipinski definition) is 3. The topological polar surface area (TPSA) is 37.8 Å². The lowest BCUT2D eigenvalue weighted by molar-refractivity contribution is 0.628. The van der Waals surface area contributed by atoms with E-state index in [1.807, 2.05) is 6.92 Å². The minimum Gasteiger partial charge on any atom is -0.369 e. The van der Waals surface area contributed by atoms with Crippen LogP contribution in [0, 0.1) is 9.39 Å². The smallest absolute Gasteiger partial charge is 0.161 e. The number of aromatic nitrogens is 2. The summed E-state index contributed by atoms with van der Waals surface area (Å²) in [4.78, 5) is 9.04. The van der Waals surface area contributed by atoms with E-state index in [1.54, 1.807) is 6.07 Å². The molecule has 1 aromatic carbocycles. The molecule has 2 aromatic rings. The van der Waals surface area contributed by atoms with Gasteiger partial charge in [0.2, 0.25) is 0 Å². The van der Waals surface area contributed by atoms with Gasteiger partial charge in [0.05, 0.1) is 9.26 Å². The zero-order chi connectivity index (χ0) is 15.4. The van der Waals surface area contributed by atoms with Crippen molar-refractivity contribution in [1.82, 2.24) is 9.97 Å². The largest absolute Gasteiger partial charge is 0.369 e. The maximum Gasteiger partial charge on any atom is 0.161 e. The average Bonchev–Trinajstić information content (AvgIpc) is 2.45. The summed E-state index contributed by atoms with van der Waals surface area (Å²) >= 11 is 8.16. The molecule has 0 spiro atoms. The first-order valence-corrected chi connectivity index (χ1v) is 8.27. The quantitative estimate of drug-likeness (QED) is 0.699. The van der Waals surface area contributed by atoms with E-state index in [0.717, 1.165) is 34.5 Å². The predicted molar refractivity (Wildman–Crippen MR) is 93.3 cm³/mol. The van der Waals surface area contributed by atoms with E-state index in [9.17, 15) is 4.39 Å². The highest BCUT2D eigenvalue weighted by molar-refractivity contribution is 14.1. The van der Waals surface area contributed by atoms with Crippen LogP contribution in [0.25, 0.3) is 11.4 Å². The highest BCUT2D eigenvalue weighted by Crippen LogP contribution is 2.26. The first kappa shape index (κ1) is 16.4. The SMILES string of the molecule is CCCNc1nc(-c2cc(F)cc(Cl)c2)nc(CC)c1I. The van der Waals surface area contributed by atoms with Crippen LogP contribution < -0.4 is 5.32 Å². The van der Waals surface area contributed by atoms with Crippen molar-refractivity contribution >= 4 is 40.0 Å². The van der Waals surface area contributed by atoms with E-state index in [4.69, 9.17) is 11.6 Å². The van der Waals surface area contributed by atoms with Crippen molar-refractivity contribution in [3.05, 3.63) is 38.3 Å². The van der Waals surface area contributed by atoms with Crippen molar-refractivity contribution in [2.75, 3.05) is 11.9 Å². The molecule has 0 unspecified atom stereocenters. The molecule has 0 atom stereocenters. The molecule has 0 aliphatic heterocycles. The molecule has 0 bridgehead atoms. The maximum atomic E-state index is 13.5. The predicted octanol–water partition coefficient (Wildman–Crippen LogP) is 4.93. The molecule has 1 N–H and O–H groups in total. The minimum absolute atomic E-state index is 0.341. The minimum atomic E-state index is -0.388. The molecule has 0 saturated heterocycles. The van der Waals surface area contributed by atoms with E-state index < -0.39 is 0 Å². The summed E-state index contributed by atoms with van der Waals surface area (Å²) in [7, 11) is 0. The molecule has 3 nitrogen and oxygen atoms in total. The first-order chi connectivity index (χ1) is 10.0. The summed E-state index contributed by atoms with van der Waals surface area (Å²) in [6.07, 6.45) is 1.79. The van der Waals surface area contributed by atoms with Crippen LogP contribution in [0.5, 0.6) is 0 Å². The van der Waals surface area contributed by atoms with E-state index in [0.29, 0.717) is 16.4 Å². The number of aryl methyl sites for hydroxylation is 1. The van der Waals surface area contributed by atoms with Gasteiger partial charge in [-0.25, -0.2) is 14.4 Å². The molecule has 0 amide bonds. The third-order valence-electron chi connectivity index (χ3n) is 2.92. The lowest BCUT2D eigenvalue weighted by Gasteiger charge is -2.12. The Morgan fingerprint density at radius 2 is 2.00 bits per heavy atom. The number of nitrogens with one attached hydrogen (secondary N) is 1. The third kappa shape index (κ3) is 4.03. The van der Waals surface area contributed by atoms with Crippen molar-refractivity contribution in [3.63, 3.8) is 0 Å². The molecule has 0 aliphatic carbocycles. The Morgan fingerprint density at radius 1 is 1.24 bits per heavy atom. The van der Waals surface area contributed by atoms with Gasteiger partial charge in [-0.15, -0.1) is 0 Å². The van der Waals surface area contributed by atoms with Crippen molar-refractivity contribution < 1.29 is 4.39 Å². The Hall–Kier alpha value is -0.950. The Bertz CT molecular complexity index is 629. The van der Waals surface area contributed by atoms with Gasteiger partial charge in [0.25, 0.3) is 0 Å². The molecule has 0 saturated carbocycles. The van der Waals surface area contributed by atoms with Crippen molar-refractivity contribution in [3.8, 4) is 11.4 Å². The van der Waals surface area contributed by atoms with Crippen LogP contribution in [-0.4, -0.2) is 16.5 Å². The second kappa shape index (κ2) is 7.35. The van der Waals surface area contributed by atoms with Crippen LogP contribution in [0.2, 0.25) is 5.02 Å². The third-order valence-corrected chi connectivity index (χ3v) is 4.27. The van der Waals surface area contributed by atoms with Crippen LogP contribution in [0.3, 0.4) is 0 Å². The van der Waals surface area contributed by atoms with Crippen LogP contribution in [0.1, 0.15) is 26.0 Å². The monoisotopic (exact) mass is 419 g/mol. The van der Waals surface area contributed by atoms with Gasteiger partial charge in [-0.2, -0.15) is 0 Å². The fourth-order valence-electron chi connectivity index (χ4n) is 1.90. The molecule has 0 fully saturated rings. The second-order valence-corrected chi connectivity index (χ2v) is 6.11. The van der Waals surface area contributed by atoms with E-state index in [2.05, 4.69) is 44.8 Å². The van der Waals surface area contributed by atoms with E-state index in [1.165, 1.54) is 12.1 Å². The zero-order valence-corrected chi connectivity index (χ0v) is 14.8. The molecule has 0 radical (unpaired) electrons.